The maximum Gasteiger partial charge on any atom is 0.241 e. The predicted octanol–water partition coefficient (Wildman–Crippen LogP) is 2.55. The van der Waals surface area contributed by atoms with Gasteiger partial charge in [0.1, 0.15) is 5.60 Å². The van der Waals surface area contributed by atoms with Crippen molar-refractivity contribution in [2.24, 2.45) is 11.8 Å². The lowest BCUT2D eigenvalue weighted by Crippen LogP contribution is -2.43. The summed E-state index contributed by atoms with van der Waals surface area (Å²) in [4.78, 5) is 28.0. The first-order valence-corrected chi connectivity index (χ1v) is 9.04. The topological polar surface area (TPSA) is 66.8 Å². The van der Waals surface area contributed by atoms with Crippen LogP contribution in [0.5, 0.6) is 0 Å². The monoisotopic (exact) mass is 361 g/mol. The van der Waals surface area contributed by atoms with Crippen LogP contribution in [0, 0.1) is 11.8 Å². The van der Waals surface area contributed by atoms with Crippen LogP contribution in [-0.4, -0.2) is 34.7 Å². The minimum Gasteiger partial charge on any atom is -0.393 e. The van der Waals surface area contributed by atoms with Gasteiger partial charge in [0.05, 0.1) is 29.7 Å². The van der Waals surface area contributed by atoms with E-state index >= 15 is 0 Å². The summed E-state index contributed by atoms with van der Waals surface area (Å²) in [5, 5.41) is 9.94. The van der Waals surface area contributed by atoms with Crippen LogP contribution in [0.25, 0.3) is 11.1 Å². The van der Waals surface area contributed by atoms with E-state index in [4.69, 9.17) is 4.74 Å². The number of carbonyl (C=O) groups is 2. The van der Waals surface area contributed by atoms with Crippen molar-refractivity contribution in [1.82, 2.24) is 0 Å². The molecule has 2 bridgehead atoms. The molecule has 0 aliphatic carbocycles. The van der Waals surface area contributed by atoms with E-state index in [0.717, 1.165) is 11.1 Å². The van der Waals surface area contributed by atoms with Crippen LogP contribution in [-0.2, 0) is 14.3 Å². The van der Waals surface area contributed by atoms with Crippen molar-refractivity contribution < 1.29 is 19.4 Å². The molecule has 0 radical (unpaired) electrons. The molecule has 3 aliphatic rings. The van der Waals surface area contributed by atoms with E-state index in [1.165, 1.54) is 4.90 Å². The molecule has 3 aliphatic heterocycles. The zero-order chi connectivity index (χ0) is 18.8. The molecule has 5 heteroatoms. The number of anilines is 1. The number of benzene rings is 2. The van der Waals surface area contributed by atoms with E-state index in [2.05, 4.69) is 0 Å². The van der Waals surface area contributed by atoms with Crippen LogP contribution in [0.1, 0.15) is 6.92 Å². The predicted molar refractivity (Wildman–Crippen MR) is 99.8 cm³/mol. The lowest BCUT2D eigenvalue weighted by molar-refractivity contribution is -0.131. The zero-order valence-corrected chi connectivity index (χ0v) is 14.8. The van der Waals surface area contributed by atoms with Crippen LogP contribution in [0.15, 0.2) is 66.7 Å². The van der Waals surface area contributed by atoms with Gasteiger partial charge in [-0.25, -0.2) is 4.90 Å². The molecule has 0 aromatic heterocycles. The van der Waals surface area contributed by atoms with Gasteiger partial charge in [-0.15, -0.1) is 0 Å². The van der Waals surface area contributed by atoms with Crippen molar-refractivity contribution in [1.29, 1.82) is 0 Å². The van der Waals surface area contributed by atoms with Gasteiger partial charge in [0.2, 0.25) is 11.8 Å². The first-order chi connectivity index (χ1) is 13.0. The highest BCUT2D eigenvalue weighted by Crippen LogP contribution is 2.57. The Morgan fingerprint density at radius 2 is 1.63 bits per heavy atom. The number of aliphatic hydroxyl groups is 1. The Labute approximate surface area is 156 Å². The van der Waals surface area contributed by atoms with Gasteiger partial charge in [0, 0.05) is 5.56 Å². The fraction of sp³-hybridized carbons (Fsp3) is 0.273. The molecule has 2 aromatic carbocycles. The summed E-state index contributed by atoms with van der Waals surface area (Å²) in [6.45, 7) is 1.48. The van der Waals surface area contributed by atoms with Gasteiger partial charge < -0.3 is 9.84 Å². The molecular weight excluding hydrogens is 342 g/mol. The summed E-state index contributed by atoms with van der Waals surface area (Å²) >= 11 is 0. The Bertz CT molecular complexity index is 985. The Morgan fingerprint density at radius 1 is 0.963 bits per heavy atom. The summed E-state index contributed by atoms with van der Waals surface area (Å²) in [5.74, 6) is -1.90. The van der Waals surface area contributed by atoms with Gasteiger partial charge >= 0.3 is 0 Å². The minimum atomic E-state index is -1.11. The summed E-state index contributed by atoms with van der Waals surface area (Å²) in [6, 6.07) is 17.1. The molecule has 5 rings (SSSR count). The molecule has 2 saturated heterocycles. The number of carbonyl (C=O) groups excluding carboxylic acids is 2. The summed E-state index contributed by atoms with van der Waals surface area (Å²) < 4.78 is 5.97. The second-order valence-corrected chi connectivity index (χ2v) is 7.58. The zero-order valence-electron chi connectivity index (χ0n) is 14.8. The maximum atomic E-state index is 13.4. The number of rotatable bonds is 3. The van der Waals surface area contributed by atoms with E-state index in [9.17, 15) is 14.7 Å². The highest BCUT2D eigenvalue weighted by atomic mass is 16.5. The first kappa shape index (κ1) is 16.4. The maximum absolute atomic E-state index is 13.4. The molecular formula is C22H19NO4. The van der Waals surface area contributed by atoms with Crippen molar-refractivity contribution >= 4 is 17.5 Å². The van der Waals surface area contributed by atoms with Crippen molar-refractivity contribution in [3.05, 3.63) is 66.7 Å². The first-order valence-electron chi connectivity index (χ1n) is 9.04. The average Bonchev–Trinajstić information content (AvgIpc) is 3.28. The minimum absolute atomic E-state index is 0.268. The van der Waals surface area contributed by atoms with E-state index in [0.29, 0.717) is 5.69 Å². The van der Waals surface area contributed by atoms with Crippen LogP contribution in [0.3, 0.4) is 0 Å². The van der Waals surface area contributed by atoms with Crippen molar-refractivity contribution in [2.75, 3.05) is 11.5 Å². The second kappa shape index (κ2) is 5.38. The van der Waals surface area contributed by atoms with E-state index in [1.54, 1.807) is 12.1 Å². The van der Waals surface area contributed by atoms with Gasteiger partial charge in [-0.2, -0.15) is 0 Å². The molecule has 5 nitrogen and oxygen atoms in total. The number of imide groups is 1. The van der Waals surface area contributed by atoms with E-state index < -0.39 is 23.0 Å². The molecule has 136 valence electrons. The largest absolute Gasteiger partial charge is 0.393 e. The number of nitrogens with zero attached hydrogens (tertiary/aromatic N) is 1. The van der Waals surface area contributed by atoms with E-state index in [-0.39, 0.29) is 18.4 Å². The Kier molecular flexibility index (Phi) is 3.27. The second-order valence-electron chi connectivity index (χ2n) is 7.58. The molecule has 2 aromatic rings. The van der Waals surface area contributed by atoms with Gasteiger partial charge in [0.15, 0.2) is 0 Å². The van der Waals surface area contributed by atoms with Gasteiger partial charge in [-0.05, 0) is 18.6 Å². The third kappa shape index (κ3) is 2.01. The van der Waals surface area contributed by atoms with Crippen LogP contribution < -0.4 is 4.90 Å². The summed E-state index contributed by atoms with van der Waals surface area (Å²) in [5.41, 5.74) is 0.360. The van der Waals surface area contributed by atoms with Crippen LogP contribution in [0.2, 0.25) is 0 Å². The number of aliphatic hydroxyl groups excluding tert-OH is 1. The quantitative estimate of drug-likeness (QED) is 0.674. The lowest BCUT2D eigenvalue weighted by atomic mass is 9.73. The van der Waals surface area contributed by atoms with Crippen molar-refractivity contribution in [3.8, 4) is 11.1 Å². The Hall–Kier alpha value is -2.76. The number of hydrogen-bond donors (Lipinski definition) is 1. The van der Waals surface area contributed by atoms with Crippen molar-refractivity contribution in [2.45, 2.75) is 18.1 Å². The molecule has 2 amide bonds. The Balaban J connectivity index is 1.64. The highest BCUT2D eigenvalue weighted by Gasteiger charge is 2.72. The molecule has 4 atom stereocenters. The number of hydrogen-bond acceptors (Lipinski definition) is 4. The Morgan fingerprint density at radius 3 is 2.37 bits per heavy atom. The normalized spacial score (nSPS) is 33.8. The number of amides is 2. The SMILES string of the molecule is C[C@]12C=C[C@@](CO)(O1)[C@@H]1C(=O)N(c3ccccc3-c3ccccc3)C(=O)[C@@H]12. The molecule has 27 heavy (non-hydrogen) atoms. The fourth-order valence-corrected chi connectivity index (χ4v) is 4.81. The molecule has 0 spiro atoms. The standard InChI is InChI=1S/C22H19NO4/c1-21-11-12-22(13-24,27-21)18-17(21)19(25)23(20(18)26)16-10-6-5-9-15(16)14-7-3-2-4-8-14/h2-12,17-18,24H,13H2,1H3/t17-,18+,21-,22+/m1/s1. The molecule has 2 fully saturated rings. The number of fused-ring (bicyclic) bond motifs is 5. The molecule has 1 N–H and O–H groups in total. The van der Waals surface area contributed by atoms with Gasteiger partial charge in [-0.3, -0.25) is 9.59 Å². The smallest absolute Gasteiger partial charge is 0.241 e. The van der Waals surface area contributed by atoms with Gasteiger partial charge in [0.25, 0.3) is 0 Å². The van der Waals surface area contributed by atoms with Crippen LogP contribution in [0.4, 0.5) is 5.69 Å². The van der Waals surface area contributed by atoms with E-state index in [1.807, 2.05) is 61.5 Å². The van der Waals surface area contributed by atoms with Crippen molar-refractivity contribution in [3.63, 3.8) is 0 Å². The molecule has 3 heterocycles. The summed E-state index contributed by atoms with van der Waals surface area (Å²) in [7, 11) is 0. The third-order valence-corrected chi connectivity index (χ3v) is 6.03. The summed E-state index contributed by atoms with van der Waals surface area (Å²) in [6.07, 6.45) is 3.55. The fourth-order valence-electron chi connectivity index (χ4n) is 4.81. The number of para-hydroxylation sites is 1. The lowest BCUT2D eigenvalue weighted by Gasteiger charge is -2.27. The average molecular weight is 361 g/mol. The highest BCUT2D eigenvalue weighted by molar-refractivity contribution is 6.24. The van der Waals surface area contributed by atoms with Gasteiger partial charge in [-0.1, -0.05) is 60.7 Å². The third-order valence-electron chi connectivity index (χ3n) is 6.03. The number of ether oxygens (including phenoxy) is 1. The molecule has 0 saturated carbocycles. The van der Waals surface area contributed by atoms with Crippen LogP contribution >= 0.6 is 0 Å². The molecule has 0 unspecified atom stereocenters.